The number of nitrogens with two attached hydrogens (primary N) is 1. The Labute approximate surface area is 75.2 Å². The normalized spacial score (nSPS) is 13.8. The first-order chi connectivity index (χ1) is 6.24. The third kappa shape index (κ3) is 1.02. The number of rotatable bonds is 1. The Morgan fingerprint density at radius 1 is 1.54 bits per heavy atom. The molecule has 0 aliphatic carbocycles. The molecule has 1 aromatic carbocycles. The first-order valence-corrected chi connectivity index (χ1v) is 3.86. The number of ether oxygens (including phenoxy) is 2. The molecule has 68 valence electrons. The van der Waals surface area contributed by atoms with Crippen LogP contribution in [0.4, 0.5) is 5.69 Å². The number of nitrogen functional groups attached to an aromatic ring is 1. The minimum atomic E-state index is -0.312. The van der Waals surface area contributed by atoms with Crippen LogP contribution in [0, 0.1) is 0 Å². The summed E-state index contributed by atoms with van der Waals surface area (Å²) in [7, 11) is 1.52. The molecule has 0 saturated carbocycles. The molecule has 4 heteroatoms. The summed E-state index contributed by atoms with van der Waals surface area (Å²) >= 11 is 0. The number of fused-ring (bicyclic) bond motifs is 1. The minimum Gasteiger partial charge on any atom is -0.494 e. The molecule has 0 bridgehead atoms. The van der Waals surface area contributed by atoms with Crippen molar-refractivity contribution in [1.82, 2.24) is 0 Å². The molecule has 2 rings (SSSR count). The number of esters is 1. The summed E-state index contributed by atoms with van der Waals surface area (Å²) < 4.78 is 9.93. The van der Waals surface area contributed by atoms with Crippen molar-refractivity contribution in [3.05, 3.63) is 23.3 Å². The number of carbonyl (C=O) groups is 1. The molecule has 4 nitrogen and oxygen atoms in total. The predicted octanol–water partition coefficient (Wildman–Crippen LogP) is 0.948. The summed E-state index contributed by atoms with van der Waals surface area (Å²) in [5, 5.41) is 0. The highest BCUT2D eigenvalue weighted by Gasteiger charge is 2.25. The largest absolute Gasteiger partial charge is 0.494 e. The maximum atomic E-state index is 11.1. The monoisotopic (exact) mass is 179 g/mol. The first kappa shape index (κ1) is 7.91. The fraction of sp³-hybridized carbons (Fsp3) is 0.222. The number of hydrogen-bond donors (Lipinski definition) is 1. The van der Waals surface area contributed by atoms with E-state index >= 15 is 0 Å². The molecular weight excluding hydrogens is 170 g/mol. The lowest BCUT2D eigenvalue weighted by atomic mass is 10.1. The Morgan fingerprint density at radius 3 is 3.00 bits per heavy atom. The molecule has 0 saturated heterocycles. The second kappa shape index (κ2) is 2.65. The van der Waals surface area contributed by atoms with E-state index in [1.54, 1.807) is 12.1 Å². The quantitative estimate of drug-likeness (QED) is 0.515. The second-order valence-electron chi connectivity index (χ2n) is 2.79. The van der Waals surface area contributed by atoms with Gasteiger partial charge in [-0.15, -0.1) is 0 Å². The Balaban J connectivity index is 2.64. The molecule has 2 N–H and O–H groups in total. The topological polar surface area (TPSA) is 61.6 Å². The molecule has 1 aliphatic rings. The molecule has 0 unspecified atom stereocenters. The summed E-state index contributed by atoms with van der Waals surface area (Å²) in [5.74, 6) is 0.233. The maximum Gasteiger partial charge on any atom is 0.339 e. The van der Waals surface area contributed by atoms with Crippen LogP contribution in [0.25, 0.3) is 0 Å². The standard InChI is InChI=1S/C9H9NO3/c1-12-8-6-4-13-9(11)5(6)2-3-7(8)10/h2-3H,4,10H2,1H3. The van der Waals surface area contributed by atoms with E-state index in [0.717, 1.165) is 5.56 Å². The fourth-order valence-corrected chi connectivity index (χ4v) is 1.44. The number of hydrogen-bond acceptors (Lipinski definition) is 4. The smallest absolute Gasteiger partial charge is 0.339 e. The Bertz CT molecular complexity index is 373. The van der Waals surface area contributed by atoms with Crippen molar-refractivity contribution in [3.8, 4) is 5.75 Å². The van der Waals surface area contributed by atoms with Gasteiger partial charge >= 0.3 is 5.97 Å². The number of benzene rings is 1. The van der Waals surface area contributed by atoms with Gasteiger partial charge in [-0.2, -0.15) is 0 Å². The van der Waals surface area contributed by atoms with Gasteiger partial charge in [-0.3, -0.25) is 0 Å². The van der Waals surface area contributed by atoms with Gasteiger partial charge in [-0.05, 0) is 12.1 Å². The Morgan fingerprint density at radius 2 is 2.31 bits per heavy atom. The lowest BCUT2D eigenvalue weighted by Gasteiger charge is -2.06. The maximum absolute atomic E-state index is 11.1. The average molecular weight is 179 g/mol. The number of carbonyl (C=O) groups excluding carboxylic acids is 1. The molecule has 1 aliphatic heterocycles. The van der Waals surface area contributed by atoms with Crippen molar-refractivity contribution in [2.75, 3.05) is 12.8 Å². The van der Waals surface area contributed by atoms with Crippen molar-refractivity contribution in [2.45, 2.75) is 6.61 Å². The number of cyclic esters (lactones) is 1. The van der Waals surface area contributed by atoms with Crippen molar-refractivity contribution < 1.29 is 14.3 Å². The van der Waals surface area contributed by atoms with Crippen molar-refractivity contribution in [3.63, 3.8) is 0 Å². The van der Waals surface area contributed by atoms with E-state index in [4.69, 9.17) is 15.2 Å². The van der Waals surface area contributed by atoms with Crippen LogP contribution in [0.15, 0.2) is 12.1 Å². The molecule has 0 aromatic heterocycles. The van der Waals surface area contributed by atoms with Gasteiger partial charge in [-0.25, -0.2) is 4.79 Å². The Hall–Kier alpha value is -1.71. The van der Waals surface area contributed by atoms with Crippen LogP contribution >= 0.6 is 0 Å². The van der Waals surface area contributed by atoms with Crippen LogP contribution in [0.2, 0.25) is 0 Å². The fourth-order valence-electron chi connectivity index (χ4n) is 1.44. The van der Waals surface area contributed by atoms with E-state index in [2.05, 4.69) is 0 Å². The molecule has 0 radical (unpaired) electrons. The van der Waals surface area contributed by atoms with Crippen LogP contribution in [-0.4, -0.2) is 13.1 Å². The molecule has 0 fully saturated rings. The highest BCUT2D eigenvalue weighted by Crippen LogP contribution is 2.33. The first-order valence-electron chi connectivity index (χ1n) is 3.86. The van der Waals surface area contributed by atoms with E-state index < -0.39 is 0 Å². The third-order valence-corrected chi connectivity index (χ3v) is 2.06. The van der Waals surface area contributed by atoms with E-state index in [-0.39, 0.29) is 12.6 Å². The van der Waals surface area contributed by atoms with Gasteiger partial charge in [0.2, 0.25) is 0 Å². The highest BCUT2D eigenvalue weighted by atomic mass is 16.5. The summed E-state index contributed by atoms with van der Waals surface area (Å²) in [6.45, 7) is 0.252. The van der Waals surface area contributed by atoms with Crippen LogP contribution in [0.3, 0.4) is 0 Å². The van der Waals surface area contributed by atoms with Crippen LogP contribution < -0.4 is 10.5 Å². The zero-order valence-electron chi connectivity index (χ0n) is 7.16. The minimum absolute atomic E-state index is 0.252. The Kier molecular flexibility index (Phi) is 1.62. The van der Waals surface area contributed by atoms with Crippen LogP contribution in [0.1, 0.15) is 15.9 Å². The summed E-state index contributed by atoms with van der Waals surface area (Å²) in [6, 6.07) is 3.30. The van der Waals surface area contributed by atoms with Crippen molar-refractivity contribution in [1.29, 1.82) is 0 Å². The molecule has 1 aromatic rings. The van der Waals surface area contributed by atoms with E-state index in [1.807, 2.05) is 0 Å². The molecule has 0 atom stereocenters. The average Bonchev–Trinajstić information content (AvgIpc) is 2.48. The van der Waals surface area contributed by atoms with Gasteiger partial charge in [0, 0.05) is 5.56 Å². The number of anilines is 1. The van der Waals surface area contributed by atoms with Gasteiger partial charge < -0.3 is 15.2 Å². The van der Waals surface area contributed by atoms with Gasteiger partial charge in [0.05, 0.1) is 18.4 Å². The van der Waals surface area contributed by atoms with E-state index in [1.165, 1.54) is 7.11 Å². The van der Waals surface area contributed by atoms with Crippen molar-refractivity contribution >= 4 is 11.7 Å². The van der Waals surface area contributed by atoms with Crippen LogP contribution in [0.5, 0.6) is 5.75 Å². The summed E-state index contributed by atoms with van der Waals surface area (Å²) in [4.78, 5) is 11.1. The van der Waals surface area contributed by atoms with Gasteiger partial charge in [0.25, 0.3) is 0 Å². The molecule has 13 heavy (non-hydrogen) atoms. The SMILES string of the molecule is COc1c(N)ccc2c1COC2=O. The predicted molar refractivity (Wildman–Crippen MR) is 46.5 cm³/mol. The third-order valence-electron chi connectivity index (χ3n) is 2.06. The second-order valence-corrected chi connectivity index (χ2v) is 2.79. The van der Waals surface area contributed by atoms with Gasteiger partial charge in [-0.1, -0.05) is 0 Å². The highest BCUT2D eigenvalue weighted by molar-refractivity contribution is 5.95. The van der Waals surface area contributed by atoms with E-state index in [9.17, 15) is 4.79 Å². The van der Waals surface area contributed by atoms with Crippen LogP contribution in [-0.2, 0) is 11.3 Å². The zero-order valence-corrected chi connectivity index (χ0v) is 7.16. The van der Waals surface area contributed by atoms with Gasteiger partial charge in [0.1, 0.15) is 12.4 Å². The summed E-state index contributed by atoms with van der Waals surface area (Å²) in [5.41, 5.74) is 7.48. The van der Waals surface area contributed by atoms with E-state index in [0.29, 0.717) is 17.0 Å². The number of methoxy groups -OCH3 is 1. The zero-order chi connectivity index (χ0) is 9.42. The molecule has 0 amide bonds. The lowest BCUT2D eigenvalue weighted by molar-refractivity contribution is 0.0534. The molecule has 0 spiro atoms. The van der Waals surface area contributed by atoms with Crippen molar-refractivity contribution in [2.24, 2.45) is 0 Å². The summed E-state index contributed by atoms with van der Waals surface area (Å²) in [6.07, 6.45) is 0. The lowest BCUT2D eigenvalue weighted by Crippen LogP contribution is -1.98. The molecule has 1 heterocycles. The molecular formula is C9H9NO3. The van der Waals surface area contributed by atoms with Gasteiger partial charge in [0.15, 0.2) is 0 Å².